The Hall–Kier alpha value is -1.94. The molecule has 3 rings (SSSR count). The van der Waals surface area contributed by atoms with E-state index in [-0.39, 0.29) is 12.2 Å². The number of hydrogen-bond donors (Lipinski definition) is 1. The number of carboxylic acid groups (broad SMARTS) is 1. The molecule has 3 nitrogen and oxygen atoms in total. The van der Waals surface area contributed by atoms with Crippen molar-refractivity contribution in [3.63, 3.8) is 0 Å². The SMILES string of the molecule is Cc1ccc(C(=O)c2c(C)sc3c2CCC3CCC(=O)O)cc1. The first kappa shape index (κ1) is 15.9. The maximum Gasteiger partial charge on any atom is 0.303 e. The largest absolute Gasteiger partial charge is 0.481 e. The summed E-state index contributed by atoms with van der Waals surface area (Å²) in [6.07, 6.45) is 2.71. The van der Waals surface area contributed by atoms with Gasteiger partial charge in [-0.3, -0.25) is 9.59 Å². The predicted molar refractivity (Wildman–Crippen MR) is 91.6 cm³/mol. The molecule has 1 aliphatic carbocycles. The second-order valence-electron chi connectivity index (χ2n) is 6.24. The third-order valence-corrected chi connectivity index (χ3v) is 5.89. The molecule has 1 heterocycles. The number of aryl methyl sites for hydroxylation is 2. The smallest absolute Gasteiger partial charge is 0.303 e. The molecule has 23 heavy (non-hydrogen) atoms. The highest BCUT2D eigenvalue weighted by molar-refractivity contribution is 7.12. The number of benzene rings is 1. The lowest BCUT2D eigenvalue weighted by atomic mass is 9.98. The normalized spacial score (nSPS) is 16.3. The van der Waals surface area contributed by atoms with E-state index in [9.17, 15) is 9.59 Å². The van der Waals surface area contributed by atoms with Crippen LogP contribution in [-0.4, -0.2) is 16.9 Å². The Labute approximate surface area is 140 Å². The molecule has 1 atom stereocenters. The van der Waals surface area contributed by atoms with Gasteiger partial charge >= 0.3 is 5.97 Å². The van der Waals surface area contributed by atoms with Gasteiger partial charge in [0.1, 0.15) is 0 Å². The fourth-order valence-electron chi connectivity index (χ4n) is 3.36. The molecule has 0 saturated heterocycles. The van der Waals surface area contributed by atoms with Crippen LogP contribution < -0.4 is 0 Å². The lowest BCUT2D eigenvalue weighted by Crippen LogP contribution is -2.04. The van der Waals surface area contributed by atoms with E-state index in [0.29, 0.717) is 12.3 Å². The first-order chi connectivity index (χ1) is 11.0. The van der Waals surface area contributed by atoms with Gasteiger partial charge in [-0.1, -0.05) is 29.8 Å². The zero-order valence-electron chi connectivity index (χ0n) is 13.4. The molecule has 0 saturated carbocycles. The van der Waals surface area contributed by atoms with Crippen LogP contribution in [0.4, 0.5) is 0 Å². The van der Waals surface area contributed by atoms with Crippen LogP contribution in [0.15, 0.2) is 24.3 Å². The highest BCUT2D eigenvalue weighted by Crippen LogP contribution is 2.44. The summed E-state index contributed by atoms with van der Waals surface area (Å²) in [4.78, 5) is 26.0. The third kappa shape index (κ3) is 3.08. The van der Waals surface area contributed by atoms with Crippen LogP contribution in [-0.2, 0) is 11.2 Å². The Kier molecular flexibility index (Phi) is 4.35. The van der Waals surface area contributed by atoms with Crippen molar-refractivity contribution in [1.82, 2.24) is 0 Å². The number of rotatable bonds is 5. The third-order valence-electron chi connectivity index (χ3n) is 4.58. The van der Waals surface area contributed by atoms with Crippen molar-refractivity contribution >= 4 is 23.1 Å². The van der Waals surface area contributed by atoms with E-state index in [1.54, 1.807) is 11.3 Å². The number of carbonyl (C=O) groups excluding carboxylic acids is 1. The number of aliphatic carboxylic acids is 1. The second-order valence-corrected chi connectivity index (χ2v) is 7.50. The average Bonchev–Trinajstić information content (AvgIpc) is 3.03. The van der Waals surface area contributed by atoms with Crippen molar-refractivity contribution in [3.8, 4) is 0 Å². The summed E-state index contributed by atoms with van der Waals surface area (Å²) in [7, 11) is 0. The molecule has 0 fully saturated rings. The minimum absolute atomic E-state index is 0.0962. The van der Waals surface area contributed by atoms with Crippen LogP contribution in [0.25, 0.3) is 0 Å². The topological polar surface area (TPSA) is 54.4 Å². The lowest BCUT2D eigenvalue weighted by molar-refractivity contribution is -0.137. The van der Waals surface area contributed by atoms with Gasteiger partial charge < -0.3 is 5.11 Å². The highest BCUT2D eigenvalue weighted by Gasteiger charge is 2.31. The van der Waals surface area contributed by atoms with Gasteiger partial charge in [0.2, 0.25) is 0 Å². The van der Waals surface area contributed by atoms with Crippen molar-refractivity contribution in [1.29, 1.82) is 0 Å². The molecule has 0 spiro atoms. The molecule has 1 aromatic carbocycles. The van der Waals surface area contributed by atoms with Gasteiger partial charge in [-0.05, 0) is 44.6 Å². The minimum Gasteiger partial charge on any atom is -0.481 e. The van der Waals surface area contributed by atoms with E-state index in [1.807, 2.05) is 38.1 Å². The Morgan fingerprint density at radius 2 is 1.91 bits per heavy atom. The number of fused-ring (bicyclic) bond motifs is 1. The zero-order valence-corrected chi connectivity index (χ0v) is 14.2. The van der Waals surface area contributed by atoms with Crippen LogP contribution in [0.3, 0.4) is 0 Å². The van der Waals surface area contributed by atoms with Gasteiger partial charge in [0, 0.05) is 27.3 Å². The predicted octanol–water partition coefficient (Wildman–Crippen LogP) is 4.49. The van der Waals surface area contributed by atoms with Crippen molar-refractivity contribution in [3.05, 3.63) is 56.3 Å². The Balaban J connectivity index is 1.90. The zero-order chi connectivity index (χ0) is 16.6. The fraction of sp³-hybridized carbons (Fsp3) is 0.368. The monoisotopic (exact) mass is 328 g/mol. The Bertz CT molecular complexity index is 756. The molecule has 4 heteroatoms. The average molecular weight is 328 g/mol. The molecule has 1 N–H and O–H groups in total. The first-order valence-electron chi connectivity index (χ1n) is 7.92. The molecular formula is C19H20O3S. The minimum atomic E-state index is -0.748. The van der Waals surface area contributed by atoms with Crippen LogP contribution in [0.2, 0.25) is 0 Å². The summed E-state index contributed by atoms with van der Waals surface area (Å²) in [5.41, 5.74) is 3.89. The molecule has 0 amide bonds. The maximum atomic E-state index is 12.9. The van der Waals surface area contributed by atoms with Gasteiger partial charge in [-0.2, -0.15) is 0 Å². The van der Waals surface area contributed by atoms with Crippen LogP contribution in [0, 0.1) is 13.8 Å². The number of ketones is 1. The fourth-order valence-corrected chi connectivity index (χ4v) is 4.74. The van der Waals surface area contributed by atoms with Crippen LogP contribution >= 0.6 is 11.3 Å². The van der Waals surface area contributed by atoms with Crippen molar-refractivity contribution in [2.24, 2.45) is 0 Å². The quantitative estimate of drug-likeness (QED) is 0.823. The first-order valence-corrected chi connectivity index (χ1v) is 8.74. The number of carbonyl (C=O) groups is 2. The molecular weight excluding hydrogens is 308 g/mol. The van der Waals surface area contributed by atoms with E-state index >= 15 is 0 Å². The molecule has 2 aromatic rings. The lowest BCUT2D eigenvalue weighted by Gasteiger charge is -2.06. The van der Waals surface area contributed by atoms with Crippen LogP contribution in [0.1, 0.15) is 62.0 Å². The number of hydrogen-bond acceptors (Lipinski definition) is 3. The molecule has 0 bridgehead atoms. The summed E-state index contributed by atoms with van der Waals surface area (Å²) in [5.74, 6) is -0.356. The van der Waals surface area contributed by atoms with E-state index in [2.05, 4.69) is 0 Å². The number of carboxylic acids is 1. The van der Waals surface area contributed by atoms with E-state index in [4.69, 9.17) is 5.11 Å². The molecule has 1 aromatic heterocycles. The van der Waals surface area contributed by atoms with Crippen molar-refractivity contribution in [2.75, 3.05) is 0 Å². The standard InChI is InChI=1S/C19H20O3S/c1-11-3-5-13(6-4-11)18(22)17-12(2)23-19-14(7-9-15(17)19)8-10-16(20)21/h3-6,14H,7-10H2,1-2H3,(H,20,21). The number of thiophene rings is 1. The Morgan fingerprint density at radius 3 is 2.57 bits per heavy atom. The summed E-state index contributed by atoms with van der Waals surface area (Å²) in [6, 6.07) is 7.70. The van der Waals surface area contributed by atoms with Crippen molar-refractivity contribution in [2.45, 2.75) is 45.4 Å². The van der Waals surface area contributed by atoms with Gasteiger partial charge in [0.15, 0.2) is 5.78 Å². The molecule has 120 valence electrons. The molecule has 0 aliphatic heterocycles. The van der Waals surface area contributed by atoms with Gasteiger partial charge in [0.05, 0.1) is 0 Å². The summed E-state index contributed by atoms with van der Waals surface area (Å²) in [5, 5.41) is 8.89. The highest BCUT2D eigenvalue weighted by atomic mass is 32.1. The maximum absolute atomic E-state index is 12.9. The second kappa shape index (κ2) is 6.28. The van der Waals surface area contributed by atoms with Gasteiger partial charge in [-0.15, -0.1) is 11.3 Å². The van der Waals surface area contributed by atoms with Crippen LogP contribution in [0.5, 0.6) is 0 Å². The summed E-state index contributed by atoms with van der Waals surface area (Å²) in [6.45, 7) is 4.01. The van der Waals surface area contributed by atoms with E-state index < -0.39 is 5.97 Å². The molecule has 1 unspecified atom stereocenters. The summed E-state index contributed by atoms with van der Waals surface area (Å²) >= 11 is 1.68. The van der Waals surface area contributed by atoms with E-state index in [1.165, 1.54) is 4.88 Å². The summed E-state index contributed by atoms with van der Waals surface area (Å²) < 4.78 is 0. The Morgan fingerprint density at radius 1 is 1.22 bits per heavy atom. The molecule has 0 radical (unpaired) electrons. The van der Waals surface area contributed by atoms with Crippen molar-refractivity contribution < 1.29 is 14.7 Å². The van der Waals surface area contributed by atoms with Gasteiger partial charge in [0.25, 0.3) is 0 Å². The van der Waals surface area contributed by atoms with E-state index in [0.717, 1.165) is 40.0 Å². The molecule has 1 aliphatic rings. The van der Waals surface area contributed by atoms with Gasteiger partial charge in [-0.25, -0.2) is 0 Å².